The molecule has 1 spiro atoms. The first kappa shape index (κ1) is 14.4. The highest BCUT2D eigenvalue weighted by atomic mass is 16.5. The molecule has 2 aromatic heterocycles. The molecule has 2 fully saturated rings. The SMILES string of the molecule is CCOC(=O)c1cnn2ccc(N3CCC4(CCOC4)C3)nc12. The van der Waals surface area contributed by atoms with Crippen molar-refractivity contribution >= 4 is 17.4 Å². The Kier molecular flexibility index (Phi) is 3.45. The third-order valence-corrected chi connectivity index (χ3v) is 4.80. The second-order valence-corrected chi connectivity index (χ2v) is 6.31. The van der Waals surface area contributed by atoms with Crippen molar-refractivity contribution in [3.05, 3.63) is 24.0 Å². The van der Waals surface area contributed by atoms with Gasteiger partial charge in [-0.1, -0.05) is 0 Å². The minimum atomic E-state index is -0.380. The zero-order valence-electron chi connectivity index (χ0n) is 13.2. The fourth-order valence-corrected chi connectivity index (χ4v) is 3.49. The maximum Gasteiger partial charge on any atom is 0.343 e. The minimum absolute atomic E-state index is 0.276. The second kappa shape index (κ2) is 5.49. The number of carbonyl (C=O) groups excluding carboxylic acids is 1. The van der Waals surface area contributed by atoms with Gasteiger partial charge in [-0.3, -0.25) is 0 Å². The predicted molar refractivity (Wildman–Crippen MR) is 83.6 cm³/mol. The number of rotatable bonds is 3. The van der Waals surface area contributed by atoms with Crippen LogP contribution in [0.4, 0.5) is 5.82 Å². The van der Waals surface area contributed by atoms with Crippen LogP contribution < -0.4 is 4.90 Å². The van der Waals surface area contributed by atoms with Gasteiger partial charge >= 0.3 is 5.97 Å². The number of nitrogens with zero attached hydrogens (tertiary/aromatic N) is 4. The molecule has 1 unspecified atom stereocenters. The van der Waals surface area contributed by atoms with Crippen molar-refractivity contribution in [3.63, 3.8) is 0 Å². The highest BCUT2D eigenvalue weighted by Gasteiger charge is 2.41. The first-order valence-electron chi connectivity index (χ1n) is 8.05. The molecule has 7 nitrogen and oxygen atoms in total. The molecule has 0 aromatic carbocycles. The van der Waals surface area contributed by atoms with Gasteiger partial charge in [-0.2, -0.15) is 5.10 Å². The van der Waals surface area contributed by atoms with E-state index in [4.69, 9.17) is 9.47 Å². The second-order valence-electron chi connectivity index (χ2n) is 6.31. The quantitative estimate of drug-likeness (QED) is 0.800. The van der Waals surface area contributed by atoms with Crippen LogP contribution in [0, 0.1) is 5.41 Å². The standard InChI is InChI=1S/C16H20N4O3/c1-2-23-15(21)12-9-17-20-6-3-13(18-14(12)20)19-7-4-16(10-19)5-8-22-11-16/h3,6,9H,2,4-5,7-8,10-11H2,1H3. The van der Waals surface area contributed by atoms with E-state index in [1.54, 1.807) is 11.4 Å². The molecule has 2 aliphatic rings. The summed E-state index contributed by atoms with van der Waals surface area (Å²) in [6.07, 6.45) is 5.60. The highest BCUT2D eigenvalue weighted by molar-refractivity contribution is 5.95. The van der Waals surface area contributed by atoms with E-state index in [-0.39, 0.29) is 11.4 Å². The summed E-state index contributed by atoms with van der Waals surface area (Å²) in [5.74, 6) is 0.501. The molecule has 0 radical (unpaired) electrons. The molecule has 122 valence electrons. The topological polar surface area (TPSA) is 69.0 Å². The van der Waals surface area contributed by atoms with E-state index < -0.39 is 0 Å². The Labute approximate surface area is 134 Å². The molecule has 2 aromatic rings. The van der Waals surface area contributed by atoms with Crippen molar-refractivity contribution in [3.8, 4) is 0 Å². The number of anilines is 1. The Morgan fingerprint density at radius 2 is 2.39 bits per heavy atom. The lowest BCUT2D eigenvalue weighted by atomic mass is 9.87. The summed E-state index contributed by atoms with van der Waals surface area (Å²) in [5, 5.41) is 4.18. The molecule has 0 aliphatic carbocycles. The summed E-state index contributed by atoms with van der Waals surface area (Å²) < 4.78 is 12.3. The van der Waals surface area contributed by atoms with E-state index in [0.29, 0.717) is 17.8 Å². The number of carbonyl (C=O) groups is 1. The summed E-state index contributed by atoms with van der Waals surface area (Å²) in [7, 11) is 0. The fraction of sp³-hybridized carbons (Fsp3) is 0.562. The smallest absolute Gasteiger partial charge is 0.343 e. The number of ether oxygens (including phenoxy) is 2. The molecule has 0 amide bonds. The molecule has 0 bridgehead atoms. The minimum Gasteiger partial charge on any atom is -0.462 e. The Hall–Kier alpha value is -2.15. The number of aromatic nitrogens is 3. The van der Waals surface area contributed by atoms with Gasteiger partial charge in [-0.05, 0) is 25.8 Å². The predicted octanol–water partition coefficient (Wildman–Crippen LogP) is 1.52. The summed E-state index contributed by atoms with van der Waals surface area (Å²) in [6, 6.07) is 1.95. The van der Waals surface area contributed by atoms with E-state index in [2.05, 4.69) is 15.0 Å². The van der Waals surface area contributed by atoms with Crippen LogP contribution >= 0.6 is 0 Å². The molecule has 7 heteroatoms. The van der Waals surface area contributed by atoms with E-state index in [1.807, 2.05) is 12.3 Å². The molecule has 2 aliphatic heterocycles. The summed E-state index contributed by atoms with van der Waals surface area (Å²) in [5.41, 5.74) is 1.23. The van der Waals surface area contributed by atoms with Crippen LogP contribution in [0.15, 0.2) is 18.5 Å². The summed E-state index contributed by atoms with van der Waals surface area (Å²) >= 11 is 0. The van der Waals surface area contributed by atoms with Crippen molar-refractivity contribution in [2.75, 3.05) is 37.8 Å². The van der Waals surface area contributed by atoms with E-state index in [9.17, 15) is 4.79 Å². The molecular formula is C16H20N4O3. The Morgan fingerprint density at radius 1 is 1.48 bits per heavy atom. The zero-order valence-corrected chi connectivity index (χ0v) is 13.2. The van der Waals surface area contributed by atoms with Crippen molar-refractivity contribution < 1.29 is 14.3 Å². The average Bonchev–Trinajstić information content (AvgIpc) is 3.28. The lowest BCUT2D eigenvalue weighted by Crippen LogP contribution is -2.28. The van der Waals surface area contributed by atoms with E-state index >= 15 is 0 Å². The van der Waals surface area contributed by atoms with Crippen LogP contribution in [-0.2, 0) is 9.47 Å². The molecule has 2 saturated heterocycles. The van der Waals surface area contributed by atoms with Gasteiger partial charge in [-0.15, -0.1) is 0 Å². The number of fused-ring (bicyclic) bond motifs is 1. The summed E-state index contributed by atoms with van der Waals surface area (Å²) in [4.78, 5) is 18.9. The highest BCUT2D eigenvalue weighted by Crippen LogP contribution is 2.39. The number of hydrogen-bond donors (Lipinski definition) is 0. The number of esters is 1. The molecule has 0 N–H and O–H groups in total. The van der Waals surface area contributed by atoms with Crippen LogP contribution in [0.3, 0.4) is 0 Å². The van der Waals surface area contributed by atoms with Crippen LogP contribution in [-0.4, -0.2) is 53.5 Å². The normalized spacial score (nSPS) is 24.0. The maximum absolute atomic E-state index is 12.0. The Morgan fingerprint density at radius 3 is 3.17 bits per heavy atom. The van der Waals surface area contributed by atoms with Crippen LogP contribution in [0.2, 0.25) is 0 Å². The Bertz CT molecular complexity index is 736. The molecular weight excluding hydrogens is 296 g/mol. The van der Waals surface area contributed by atoms with Gasteiger partial charge in [0.15, 0.2) is 5.65 Å². The fourth-order valence-electron chi connectivity index (χ4n) is 3.49. The third kappa shape index (κ3) is 2.45. The van der Waals surface area contributed by atoms with Gasteiger partial charge in [0, 0.05) is 31.3 Å². The van der Waals surface area contributed by atoms with Gasteiger partial charge in [0.25, 0.3) is 0 Å². The van der Waals surface area contributed by atoms with Crippen molar-refractivity contribution in [2.45, 2.75) is 19.8 Å². The Balaban J connectivity index is 1.63. The van der Waals surface area contributed by atoms with Crippen LogP contribution in [0.5, 0.6) is 0 Å². The van der Waals surface area contributed by atoms with Crippen molar-refractivity contribution in [1.29, 1.82) is 0 Å². The first-order valence-corrected chi connectivity index (χ1v) is 8.05. The van der Waals surface area contributed by atoms with Gasteiger partial charge in [0.2, 0.25) is 0 Å². The van der Waals surface area contributed by atoms with Crippen molar-refractivity contribution in [2.24, 2.45) is 5.41 Å². The largest absolute Gasteiger partial charge is 0.462 e. The first-order chi connectivity index (χ1) is 11.2. The van der Waals surface area contributed by atoms with Gasteiger partial charge < -0.3 is 14.4 Å². The molecule has 1 atom stereocenters. The monoisotopic (exact) mass is 316 g/mol. The molecule has 23 heavy (non-hydrogen) atoms. The van der Waals surface area contributed by atoms with Crippen LogP contribution in [0.1, 0.15) is 30.1 Å². The number of hydrogen-bond acceptors (Lipinski definition) is 6. The lowest BCUT2D eigenvalue weighted by Gasteiger charge is -2.22. The zero-order chi connectivity index (χ0) is 15.9. The third-order valence-electron chi connectivity index (χ3n) is 4.80. The molecule has 4 rings (SSSR count). The maximum atomic E-state index is 12.0. The van der Waals surface area contributed by atoms with Gasteiger partial charge in [0.1, 0.15) is 11.4 Å². The molecule has 4 heterocycles. The summed E-state index contributed by atoms with van der Waals surface area (Å²) in [6.45, 7) is 5.75. The average molecular weight is 316 g/mol. The van der Waals surface area contributed by atoms with E-state index in [0.717, 1.165) is 45.0 Å². The molecule has 0 saturated carbocycles. The van der Waals surface area contributed by atoms with Crippen LogP contribution in [0.25, 0.3) is 5.65 Å². The van der Waals surface area contributed by atoms with Gasteiger partial charge in [-0.25, -0.2) is 14.3 Å². The van der Waals surface area contributed by atoms with E-state index in [1.165, 1.54) is 6.20 Å². The van der Waals surface area contributed by atoms with Crippen molar-refractivity contribution in [1.82, 2.24) is 14.6 Å². The van der Waals surface area contributed by atoms with Gasteiger partial charge in [0.05, 0.1) is 19.4 Å². The lowest BCUT2D eigenvalue weighted by molar-refractivity contribution is 0.0528.